The predicted molar refractivity (Wildman–Crippen MR) is 144 cm³/mol. The Morgan fingerprint density at radius 1 is 1.08 bits per heavy atom. The Labute approximate surface area is 224 Å². The van der Waals surface area contributed by atoms with Crippen LogP contribution in [0.1, 0.15) is 77.0 Å². The number of ether oxygens (including phenoxy) is 1. The molecule has 2 atom stereocenters. The van der Waals surface area contributed by atoms with Gasteiger partial charge >= 0.3 is 0 Å². The van der Waals surface area contributed by atoms with Crippen molar-refractivity contribution >= 4 is 17.5 Å². The Bertz CT molecular complexity index is 1130. The van der Waals surface area contributed by atoms with Gasteiger partial charge in [-0.2, -0.15) is 0 Å². The molecule has 2 aliphatic rings. The monoisotopic (exact) mass is 527 g/mol. The zero-order valence-corrected chi connectivity index (χ0v) is 22.8. The molecule has 0 saturated heterocycles. The number of rotatable bonds is 8. The highest BCUT2D eigenvalue weighted by Crippen LogP contribution is 2.39. The molecule has 0 radical (unpaired) electrons. The molecular formula is C30H39F2N3O3. The smallest absolute Gasteiger partial charge is 0.265 e. The molecule has 4 rings (SSSR count). The molecule has 2 aromatic rings. The normalized spacial score (nSPS) is 20.1. The first-order valence-electron chi connectivity index (χ1n) is 13.8. The van der Waals surface area contributed by atoms with Crippen molar-refractivity contribution in [1.82, 2.24) is 10.2 Å². The van der Waals surface area contributed by atoms with Gasteiger partial charge in [-0.3, -0.25) is 9.59 Å². The topological polar surface area (TPSA) is 61.9 Å². The fourth-order valence-corrected chi connectivity index (χ4v) is 5.54. The molecule has 1 fully saturated rings. The van der Waals surface area contributed by atoms with Crippen LogP contribution in [0.2, 0.25) is 0 Å². The molecule has 2 aromatic carbocycles. The second-order valence-electron chi connectivity index (χ2n) is 10.6. The minimum absolute atomic E-state index is 0.00173. The molecule has 0 bridgehead atoms. The summed E-state index contributed by atoms with van der Waals surface area (Å²) < 4.78 is 35.9. The number of nitrogens with zero attached hydrogens (tertiary/aromatic N) is 2. The van der Waals surface area contributed by atoms with E-state index in [4.69, 9.17) is 4.74 Å². The highest BCUT2D eigenvalue weighted by molar-refractivity contribution is 5.92. The lowest BCUT2D eigenvalue weighted by Gasteiger charge is -2.33. The molecule has 206 valence electrons. The second-order valence-corrected chi connectivity index (χ2v) is 10.6. The first-order valence-corrected chi connectivity index (χ1v) is 13.8. The Morgan fingerprint density at radius 2 is 1.74 bits per heavy atom. The van der Waals surface area contributed by atoms with E-state index in [2.05, 4.69) is 24.1 Å². The third kappa shape index (κ3) is 5.79. The molecule has 38 heavy (non-hydrogen) atoms. The van der Waals surface area contributed by atoms with Gasteiger partial charge in [-0.05, 0) is 50.8 Å². The van der Waals surface area contributed by atoms with E-state index < -0.39 is 29.7 Å². The van der Waals surface area contributed by atoms with Crippen molar-refractivity contribution in [1.29, 1.82) is 0 Å². The van der Waals surface area contributed by atoms with E-state index >= 15 is 0 Å². The summed E-state index contributed by atoms with van der Waals surface area (Å²) in [6, 6.07) is 8.13. The highest BCUT2D eigenvalue weighted by atomic mass is 19.1. The first kappa shape index (κ1) is 27.9. The number of halogens is 2. The molecular weight excluding hydrogens is 488 g/mol. The number of benzene rings is 2. The van der Waals surface area contributed by atoms with Crippen molar-refractivity contribution in [2.24, 2.45) is 5.92 Å². The summed E-state index contributed by atoms with van der Waals surface area (Å²) in [4.78, 5) is 31.4. The third-order valence-corrected chi connectivity index (χ3v) is 7.71. The number of nitrogens with one attached hydrogen (secondary N) is 1. The lowest BCUT2D eigenvalue weighted by Crippen LogP contribution is -2.49. The van der Waals surface area contributed by atoms with Crippen LogP contribution in [-0.4, -0.2) is 41.9 Å². The Morgan fingerprint density at radius 3 is 2.34 bits per heavy atom. The number of hydrogen-bond donors (Lipinski definition) is 1. The molecule has 2 unspecified atom stereocenters. The molecule has 1 aliphatic heterocycles. The van der Waals surface area contributed by atoms with Crippen LogP contribution in [0.4, 0.5) is 14.5 Å². The van der Waals surface area contributed by atoms with E-state index in [9.17, 15) is 18.4 Å². The highest BCUT2D eigenvalue weighted by Gasteiger charge is 2.43. The van der Waals surface area contributed by atoms with Gasteiger partial charge in [-0.1, -0.05) is 45.2 Å². The fourth-order valence-electron chi connectivity index (χ4n) is 5.54. The van der Waals surface area contributed by atoms with Crippen LogP contribution in [0, 0.1) is 17.6 Å². The van der Waals surface area contributed by atoms with Gasteiger partial charge in [0.1, 0.15) is 23.4 Å². The van der Waals surface area contributed by atoms with Crippen LogP contribution in [0.25, 0.3) is 0 Å². The van der Waals surface area contributed by atoms with Gasteiger partial charge in [0.05, 0.1) is 6.54 Å². The molecule has 2 amide bonds. The van der Waals surface area contributed by atoms with Crippen molar-refractivity contribution in [2.75, 3.05) is 18.0 Å². The van der Waals surface area contributed by atoms with Gasteiger partial charge in [0.25, 0.3) is 5.91 Å². The maximum atomic E-state index is 14.8. The van der Waals surface area contributed by atoms with Crippen molar-refractivity contribution in [3.8, 4) is 5.75 Å². The number of fused-ring (bicyclic) bond motifs is 1. The predicted octanol–water partition coefficient (Wildman–Crippen LogP) is 5.75. The molecule has 0 aromatic heterocycles. The summed E-state index contributed by atoms with van der Waals surface area (Å²) in [6.45, 7) is 9.02. The Balaban J connectivity index is 1.84. The molecule has 1 aliphatic carbocycles. The van der Waals surface area contributed by atoms with Gasteiger partial charge in [-0.25, -0.2) is 8.78 Å². The molecule has 1 heterocycles. The average Bonchev–Trinajstić information content (AvgIpc) is 3.02. The zero-order chi connectivity index (χ0) is 27.4. The van der Waals surface area contributed by atoms with Gasteiger partial charge in [0.2, 0.25) is 5.91 Å². The zero-order valence-electron chi connectivity index (χ0n) is 22.8. The van der Waals surface area contributed by atoms with Crippen LogP contribution < -0.4 is 15.0 Å². The number of carbonyl (C=O) groups is 2. The van der Waals surface area contributed by atoms with Crippen molar-refractivity contribution in [3.63, 3.8) is 0 Å². The fraction of sp³-hybridized carbons (Fsp3) is 0.533. The quantitative estimate of drug-likeness (QED) is 0.475. The first-order chi connectivity index (χ1) is 18.2. The number of hydrogen-bond acceptors (Lipinski definition) is 4. The minimum Gasteiger partial charge on any atom is -0.480 e. The molecule has 0 spiro atoms. The summed E-state index contributed by atoms with van der Waals surface area (Å²) in [7, 11) is 0. The molecule has 1 N–H and O–H groups in total. The molecule has 1 saturated carbocycles. The largest absolute Gasteiger partial charge is 0.480 e. The van der Waals surface area contributed by atoms with E-state index in [1.165, 1.54) is 23.1 Å². The van der Waals surface area contributed by atoms with Crippen LogP contribution >= 0.6 is 0 Å². The standard InChI is InChI=1S/C30H39F2N3O3/c1-5-34(6-2)21-15-16-22-26(17-21)38-28(19(3)4)30(37)35(18-23-24(31)13-10-14-25(23)32)27(22)29(36)33-20-11-8-7-9-12-20/h10,13-17,19-20,27-28H,5-9,11-12,18H2,1-4H3,(H,33,36). The summed E-state index contributed by atoms with van der Waals surface area (Å²) >= 11 is 0. The lowest BCUT2D eigenvalue weighted by molar-refractivity contribution is -0.147. The van der Waals surface area contributed by atoms with Crippen LogP contribution in [0.5, 0.6) is 5.75 Å². The molecule has 8 heteroatoms. The van der Waals surface area contributed by atoms with Crippen molar-refractivity contribution in [3.05, 3.63) is 59.2 Å². The summed E-state index contributed by atoms with van der Waals surface area (Å²) in [6.07, 6.45) is 4.01. The lowest BCUT2D eigenvalue weighted by atomic mass is 9.94. The van der Waals surface area contributed by atoms with Gasteiger partial charge in [0.15, 0.2) is 6.10 Å². The average molecular weight is 528 g/mol. The maximum Gasteiger partial charge on any atom is 0.265 e. The van der Waals surface area contributed by atoms with E-state index in [1.807, 2.05) is 32.0 Å². The van der Waals surface area contributed by atoms with E-state index in [-0.39, 0.29) is 30.0 Å². The number of amides is 2. The van der Waals surface area contributed by atoms with Crippen LogP contribution in [0.15, 0.2) is 36.4 Å². The number of carbonyl (C=O) groups excluding carboxylic acids is 2. The van der Waals surface area contributed by atoms with Crippen LogP contribution in [0.3, 0.4) is 0 Å². The summed E-state index contributed by atoms with van der Waals surface area (Å²) in [5, 5.41) is 3.14. The van der Waals surface area contributed by atoms with Gasteiger partial charge < -0.3 is 19.9 Å². The third-order valence-electron chi connectivity index (χ3n) is 7.71. The van der Waals surface area contributed by atoms with E-state index in [1.54, 1.807) is 0 Å². The number of anilines is 1. The Kier molecular flexibility index (Phi) is 8.90. The SMILES string of the molecule is CCN(CC)c1ccc2c(c1)OC(C(C)C)C(=O)N(Cc1c(F)cccc1F)C2C(=O)NC1CCCCC1. The van der Waals surface area contributed by atoms with Crippen molar-refractivity contribution < 1.29 is 23.1 Å². The summed E-state index contributed by atoms with van der Waals surface area (Å²) in [5.74, 6) is -2.12. The maximum absolute atomic E-state index is 14.8. The summed E-state index contributed by atoms with van der Waals surface area (Å²) in [5.41, 5.74) is 1.19. The van der Waals surface area contributed by atoms with Gasteiger partial charge in [-0.15, -0.1) is 0 Å². The van der Waals surface area contributed by atoms with E-state index in [0.717, 1.165) is 50.9 Å². The van der Waals surface area contributed by atoms with Crippen molar-refractivity contribution in [2.45, 2.75) is 84.5 Å². The van der Waals surface area contributed by atoms with Gasteiger partial charge in [0, 0.05) is 42.0 Å². The minimum atomic E-state index is -1.09. The van der Waals surface area contributed by atoms with E-state index in [0.29, 0.717) is 11.3 Å². The Hall–Kier alpha value is -3.16. The molecule has 6 nitrogen and oxygen atoms in total. The second kappa shape index (κ2) is 12.1. The van der Waals surface area contributed by atoms with Crippen LogP contribution in [-0.2, 0) is 16.1 Å².